The topological polar surface area (TPSA) is 126 Å². The molecule has 3 aromatic carbocycles. The van der Waals surface area contributed by atoms with Crippen LogP contribution in [0.2, 0.25) is 0 Å². The van der Waals surface area contributed by atoms with Crippen molar-refractivity contribution in [2.75, 3.05) is 31.5 Å². The van der Waals surface area contributed by atoms with Crippen LogP contribution in [0.1, 0.15) is 17.4 Å². The normalized spacial score (nSPS) is 12.4. The van der Waals surface area contributed by atoms with Gasteiger partial charge in [0.2, 0.25) is 0 Å². The summed E-state index contributed by atoms with van der Waals surface area (Å²) in [5, 5.41) is 22.0. The number of nitrogens with zero attached hydrogens (tertiary/aromatic N) is 1. The Morgan fingerprint density at radius 2 is 1.89 bits per heavy atom. The number of aromatic nitrogens is 2. The van der Waals surface area contributed by atoms with Gasteiger partial charge in [0.25, 0.3) is 10.0 Å². The number of aliphatic hydroxyl groups is 1. The first-order valence-corrected chi connectivity index (χ1v) is 12.6. The lowest BCUT2D eigenvalue weighted by Crippen LogP contribution is -2.26. The van der Waals surface area contributed by atoms with Crippen molar-refractivity contribution < 1.29 is 23.0 Å². The summed E-state index contributed by atoms with van der Waals surface area (Å²) in [6.07, 6.45) is -0.820. The van der Waals surface area contributed by atoms with E-state index in [4.69, 9.17) is 9.47 Å². The average Bonchev–Trinajstić information content (AvgIpc) is 3.23. The van der Waals surface area contributed by atoms with Crippen LogP contribution in [-0.4, -0.2) is 50.5 Å². The van der Waals surface area contributed by atoms with Crippen molar-refractivity contribution in [2.45, 2.75) is 17.9 Å². The Balaban J connectivity index is 1.28. The van der Waals surface area contributed by atoms with Crippen molar-refractivity contribution in [3.8, 4) is 11.5 Å². The maximum Gasteiger partial charge on any atom is 0.262 e. The molecule has 10 heteroatoms. The van der Waals surface area contributed by atoms with Gasteiger partial charge in [0.05, 0.1) is 23.6 Å². The van der Waals surface area contributed by atoms with Crippen LogP contribution in [0.4, 0.5) is 5.69 Å². The Morgan fingerprint density at radius 3 is 2.71 bits per heavy atom. The maximum absolute atomic E-state index is 12.7. The van der Waals surface area contributed by atoms with E-state index in [2.05, 4.69) is 20.2 Å². The van der Waals surface area contributed by atoms with E-state index in [0.29, 0.717) is 30.2 Å². The van der Waals surface area contributed by atoms with Crippen LogP contribution in [0.25, 0.3) is 10.9 Å². The molecule has 0 saturated heterocycles. The fourth-order valence-electron chi connectivity index (χ4n) is 3.60. The fraction of sp³-hybridized carbons (Fsp3) is 0.240. The van der Waals surface area contributed by atoms with Crippen molar-refractivity contribution >= 4 is 26.6 Å². The first kappa shape index (κ1) is 24.5. The molecule has 0 spiro atoms. The van der Waals surface area contributed by atoms with Gasteiger partial charge in [-0.3, -0.25) is 9.82 Å². The largest absolute Gasteiger partial charge is 0.497 e. The molecule has 1 unspecified atom stereocenters. The van der Waals surface area contributed by atoms with E-state index in [0.717, 1.165) is 22.3 Å². The SMILES string of the molecule is COc1cccc(S(=O)(=O)Nc2cccc(C(O)CNCCOc3ccc4c(C)[nH]nc4c3)c2)c1. The summed E-state index contributed by atoms with van der Waals surface area (Å²) in [4.78, 5) is 0.0889. The zero-order valence-corrected chi connectivity index (χ0v) is 20.3. The summed E-state index contributed by atoms with van der Waals surface area (Å²) in [6.45, 7) is 3.20. The van der Waals surface area contributed by atoms with Gasteiger partial charge in [0.1, 0.15) is 18.1 Å². The summed E-state index contributed by atoms with van der Waals surface area (Å²) in [5.41, 5.74) is 2.81. The minimum absolute atomic E-state index is 0.0889. The monoisotopic (exact) mass is 496 g/mol. The Labute approximate surface area is 204 Å². The Bertz CT molecular complexity index is 1400. The molecule has 0 aliphatic heterocycles. The van der Waals surface area contributed by atoms with Crippen molar-refractivity contribution in [1.29, 1.82) is 0 Å². The van der Waals surface area contributed by atoms with E-state index in [1.165, 1.54) is 19.2 Å². The number of rotatable bonds is 11. The molecule has 0 amide bonds. The molecule has 4 aromatic rings. The third kappa shape index (κ3) is 6.10. The van der Waals surface area contributed by atoms with Crippen LogP contribution in [0.3, 0.4) is 0 Å². The number of hydrogen-bond acceptors (Lipinski definition) is 7. The van der Waals surface area contributed by atoms with E-state index in [-0.39, 0.29) is 11.4 Å². The molecule has 4 rings (SSSR count). The molecule has 0 fully saturated rings. The van der Waals surface area contributed by atoms with Crippen LogP contribution in [0.5, 0.6) is 11.5 Å². The van der Waals surface area contributed by atoms with Crippen molar-refractivity contribution in [3.05, 3.63) is 78.0 Å². The summed E-state index contributed by atoms with van der Waals surface area (Å²) >= 11 is 0. The average molecular weight is 497 g/mol. The smallest absolute Gasteiger partial charge is 0.262 e. The predicted octanol–water partition coefficient (Wildman–Crippen LogP) is 3.38. The van der Waals surface area contributed by atoms with Gasteiger partial charge in [-0.2, -0.15) is 5.10 Å². The molecule has 184 valence electrons. The number of aromatic amines is 1. The number of benzene rings is 3. The van der Waals surface area contributed by atoms with Crippen LogP contribution in [-0.2, 0) is 10.0 Å². The third-order valence-corrected chi connectivity index (χ3v) is 6.86. The third-order valence-electron chi connectivity index (χ3n) is 5.48. The first-order valence-electron chi connectivity index (χ1n) is 11.1. The number of ether oxygens (including phenoxy) is 2. The number of aliphatic hydroxyl groups excluding tert-OH is 1. The van der Waals surface area contributed by atoms with Gasteiger partial charge in [0.15, 0.2) is 0 Å². The Kier molecular flexibility index (Phi) is 7.54. The van der Waals surface area contributed by atoms with Gasteiger partial charge < -0.3 is 19.9 Å². The number of nitrogens with one attached hydrogen (secondary N) is 3. The predicted molar refractivity (Wildman–Crippen MR) is 134 cm³/mol. The molecule has 1 aromatic heterocycles. The fourth-order valence-corrected chi connectivity index (χ4v) is 4.69. The Hall–Kier alpha value is -3.60. The van der Waals surface area contributed by atoms with Crippen LogP contribution >= 0.6 is 0 Å². The van der Waals surface area contributed by atoms with Crippen LogP contribution < -0.4 is 19.5 Å². The number of H-pyrrole nitrogens is 1. The van der Waals surface area contributed by atoms with Crippen LogP contribution in [0.15, 0.2) is 71.6 Å². The summed E-state index contributed by atoms with van der Waals surface area (Å²) in [5.74, 6) is 1.17. The molecule has 35 heavy (non-hydrogen) atoms. The van der Waals surface area contributed by atoms with E-state index in [9.17, 15) is 13.5 Å². The van der Waals surface area contributed by atoms with Gasteiger partial charge in [-0.1, -0.05) is 18.2 Å². The van der Waals surface area contributed by atoms with E-state index in [1.54, 1.807) is 36.4 Å². The molecule has 4 N–H and O–H groups in total. The second-order valence-electron chi connectivity index (χ2n) is 8.01. The molecule has 0 bridgehead atoms. The van der Waals surface area contributed by atoms with Gasteiger partial charge in [-0.25, -0.2) is 8.42 Å². The minimum Gasteiger partial charge on any atom is -0.497 e. The molecule has 0 aliphatic carbocycles. The number of anilines is 1. The molecular formula is C25H28N4O5S. The summed E-state index contributed by atoms with van der Waals surface area (Å²) < 4.78 is 38.9. The van der Waals surface area contributed by atoms with Crippen molar-refractivity contribution in [2.24, 2.45) is 0 Å². The summed E-state index contributed by atoms with van der Waals surface area (Å²) in [7, 11) is -2.32. The molecule has 0 aliphatic rings. The van der Waals surface area contributed by atoms with Crippen LogP contribution in [0, 0.1) is 6.92 Å². The zero-order valence-electron chi connectivity index (χ0n) is 19.5. The number of sulfonamides is 1. The van der Waals surface area contributed by atoms with E-state index < -0.39 is 16.1 Å². The maximum atomic E-state index is 12.7. The van der Waals surface area contributed by atoms with Gasteiger partial charge in [-0.05, 0) is 48.9 Å². The molecule has 1 atom stereocenters. The van der Waals surface area contributed by atoms with Gasteiger partial charge in [0, 0.05) is 42.0 Å². The molecule has 9 nitrogen and oxygen atoms in total. The Morgan fingerprint density at radius 1 is 1.06 bits per heavy atom. The lowest BCUT2D eigenvalue weighted by molar-refractivity contribution is 0.172. The molecule has 1 heterocycles. The number of hydrogen-bond donors (Lipinski definition) is 4. The number of aryl methyl sites for hydroxylation is 1. The van der Waals surface area contributed by atoms with Gasteiger partial charge >= 0.3 is 0 Å². The van der Waals surface area contributed by atoms with Gasteiger partial charge in [-0.15, -0.1) is 0 Å². The molecular weight excluding hydrogens is 468 g/mol. The zero-order chi connectivity index (χ0) is 24.8. The second kappa shape index (κ2) is 10.8. The highest BCUT2D eigenvalue weighted by molar-refractivity contribution is 7.92. The van der Waals surface area contributed by atoms with E-state index in [1.807, 2.05) is 25.1 Å². The molecule has 0 saturated carbocycles. The lowest BCUT2D eigenvalue weighted by Gasteiger charge is -2.15. The highest BCUT2D eigenvalue weighted by Gasteiger charge is 2.16. The standard InChI is InChI=1S/C25H28N4O5S/c1-17-23-10-9-21(15-24(23)28-27-17)34-12-11-26-16-25(30)18-5-3-6-19(13-18)29-35(31,32)22-8-4-7-20(14-22)33-2/h3-10,13-15,25-26,29-30H,11-12,16H2,1-2H3,(H,27,28). The van der Waals surface area contributed by atoms with Crippen molar-refractivity contribution in [3.63, 3.8) is 0 Å². The molecule has 0 radical (unpaired) electrons. The van der Waals surface area contributed by atoms with Crippen molar-refractivity contribution in [1.82, 2.24) is 15.5 Å². The highest BCUT2D eigenvalue weighted by Crippen LogP contribution is 2.23. The second-order valence-corrected chi connectivity index (χ2v) is 9.69. The summed E-state index contributed by atoms with van der Waals surface area (Å²) in [6, 6.07) is 18.6. The minimum atomic E-state index is -3.80. The number of methoxy groups -OCH3 is 1. The highest BCUT2D eigenvalue weighted by atomic mass is 32.2. The quantitative estimate of drug-likeness (QED) is 0.235. The lowest BCUT2D eigenvalue weighted by atomic mass is 10.1. The number of fused-ring (bicyclic) bond motifs is 1. The van der Waals surface area contributed by atoms with E-state index >= 15 is 0 Å². The first-order chi connectivity index (χ1) is 16.9.